The summed E-state index contributed by atoms with van der Waals surface area (Å²) in [6, 6.07) is 3.41. The van der Waals surface area contributed by atoms with Crippen molar-refractivity contribution in [3.8, 4) is 11.5 Å². The summed E-state index contributed by atoms with van der Waals surface area (Å²) in [6.07, 6.45) is -8.05. The van der Waals surface area contributed by atoms with Gasteiger partial charge in [-0.2, -0.15) is 0 Å². The Kier molecular flexibility index (Phi) is 9.64. The van der Waals surface area contributed by atoms with Crippen molar-refractivity contribution in [1.29, 1.82) is 0 Å². The largest absolute Gasteiger partial charge is 0.493 e. The van der Waals surface area contributed by atoms with Crippen LogP contribution in [0, 0.1) is 0 Å². The average Bonchev–Trinajstić information content (AvgIpc) is 3.39. The van der Waals surface area contributed by atoms with Gasteiger partial charge in [0.1, 0.15) is 5.76 Å². The van der Waals surface area contributed by atoms with E-state index in [0.29, 0.717) is 30.9 Å². The number of hydrogen-bond acceptors (Lipinski definition) is 15. The van der Waals surface area contributed by atoms with Crippen molar-refractivity contribution in [3.05, 3.63) is 35.1 Å². The van der Waals surface area contributed by atoms with Crippen LogP contribution < -0.4 is 9.47 Å². The molecule has 2 aliphatic carbocycles. The van der Waals surface area contributed by atoms with E-state index < -0.39 is 90.2 Å². The number of ether oxygens (including phenoxy) is 6. The molecule has 1 aromatic carbocycles. The minimum atomic E-state index is -2.19. The molecule has 5 rings (SSSR count). The zero-order valence-electron chi connectivity index (χ0n) is 27.1. The number of hydrogen-bond donors (Lipinski definition) is 4. The fraction of sp³-hybridized carbons (Fsp3) is 0.562. The van der Waals surface area contributed by atoms with Gasteiger partial charge in [0.15, 0.2) is 35.9 Å². The molecule has 17 nitrogen and oxygen atoms in total. The van der Waals surface area contributed by atoms with Crippen molar-refractivity contribution >= 4 is 35.8 Å². The molecule has 2 bridgehead atoms. The molecule has 1 saturated heterocycles. The number of aliphatic hydroxyl groups excluding tert-OH is 1. The van der Waals surface area contributed by atoms with Crippen LogP contribution in [-0.2, 0) is 59.6 Å². The molecular formula is C32H37NO16. The van der Waals surface area contributed by atoms with Crippen molar-refractivity contribution in [2.75, 3.05) is 20.7 Å². The molecule has 0 unspecified atom stereocenters. The minimum absolute atomic E-state index is 0.0310. The van der Waals surface area contributed by atoms with Gasteiger partial charge < -0.3 is 53.7 Å². The number of likely N-dealkylation sites (N-methyl/N-ethyl adjacent to an activating group) is 1. The number of piperidine rings is 1. The number of carbonyl (C=O) groups is 6. The molecule has 0 radical (unpaired) electrons. The van der Waals surface area contributed by atoms with E-state index in [-0.39, 0.29) is 18.2 Å². The van der Waals surface area contributed by atoms with Crippen LogP contribution in [0.1, 0.15) is 50.7 Å². The van der Waals surface area contributed by atoms with Gasteiger partial charge in [-0.25, -0.2) is 19.2 Å². The molecule has 266 valence electrons. The number of esters is 4. The Balaban J connectivity index is 1.38. The molecule has 17 heteroatoms. The van der Waals surface area contributed by atoms with Gasteiger partial charge in [-0.3, -0.25) is 9.59 Å². The predicted molar refractivity (Wildman–Crippen MR) is 159 cm³/mol. The fourth-order valence-electron chi connectivity index (χ4n) is 7.16. The summed E-state index contributed by atoms with van der Waals surface area (Å²) in [5, 5.41) is 39.8. The van der Waals surface area contributed by atoms with E-state index in [4.69, 9.17) is 33.9 Å². The molecule has 4 aliphatic rings. The number of benzene rings is 1. The van der Waals surface area contributed by atoms with Gasteiger partial charge in [-0.1, -0.05) is 6.07 Å². The van der Waals surface area contributed by atoms with Gasteiger partial charge in [0.05, 0.1) is 31.0 Å². The molecule has 4 N–H and O–H groups in total. The number of nitrogens with zero attached hydrogens (tertiary/aromatic N) is 1. The Labute approximate surface area is 279 Å². The smallest absolute Gasteiger partial charge is 0.348 e. The maximum absolute atomic E-state index is 13.4. The van der Waals surface area contributed by atoms with Crippen molar-refractivity contribution in [2.45, 2.75) is 93.5 Å². The van der Waals surface area contributed by atoms with Crippen molar-refractivity contribution < 1.29 is 77.6 Å². The second kappa shape index (κ2) is 13.3. The van der Waals surface area contributed by atoms with Gasteiger partial charge in [-0.15, -0.1) is 0 Å². The Morgan fingerprint density at radius 2 is 1.67 bits per heavy atom. The second-order valence-electron chi connectivity index (χ2n) is 12.5. The number of methoxy groups -OCH3 is 1. The topological polar surface area (TPSA) is 242 Å². The second-order valence-corrected chi connectivity index (χ2v) is 12.5. The first-order chi connectivity index (χ1) is 23.0. The quantitative estimate of drug-likeness (QED) is 0.152. The van der Waals surface area contributed by atoms with Gasteiger partial charge in [0, 0.05) is 18.0 Å². The standard InChI is InChI=1S/C32H37NO16/c1-14(27(37)38)45-29(41)15(2)46-30(42)20(48-22(35)12-17(34)28(39)40)13-23(36)47-19-7-8-32(43)21-11-16-5-6-18(44-4)25-24(16)31(32,26(19)49-25)9-10-33(21)3/h5-7,14-15,17,20-21,26,34,43H,8-13H2,1-4H3,(H,37,38)(H,39,40)/t14-,15-,17-,20-,21-,26+,31+,32-/m0/s1. The number of likely N-dealkylation sites (tertiary alicyclic amines) is 1. The molecule has 0 amide bonds. The Morgan fingerprint density at radius 3 is 2.33 bits per heavy atom. The lowest BCUT2D eigenvalue weighted by molar-refractivity contribution is -0.184. The minimum Gasteiger partial charge on any atom is -0.493 e. The highest BCUT2D eigenvalue weighted by atomic mass is 16.6. The first kappa shape index (κ1) is 35.6. The number of carboxylic acid groups (broad SMARTS) is 2. The summed E-state index contributed by atoms with van der Waals surface area (Å²) in [6.45, 7) is 2.71. The Bertz CT molecular complexity index is 1610. The molecule has 0 aromatic heterocycles. The highest BCUT2D eigenvalue weighted by Crippen LogP contribution is 2.65. The van der Waals surface area contributed by atoms with E-state index in [1.165, 1.54) is 13.2 Å². The molecule has 2 heterocycles. The maximum Gasteiger partial charge on any atom is 0.348 e. The number of aliphatic hydroxyl groups is 2. The average molecular weight is 692 g/mol. The third-order valence-corrected chi connectivity index (χ3v) is 9.59. The zero-order valence-corrected chi connectivity index (χ0v) is 27.1. The molecule has 0 saturated carbocycles. The SMILES string of the molecule is COc1ccc2c3c1O[C@@H]1C(OC(=O)C[C@H](OC(=O)C[C@H](O)C(=O)O)C(=O)O[C@@H](C)C(=O)O[C@@H](C)C(=O)O)=CC[C@]4(O)[C@H](C2)N(C)CC[C@@]314. The highest BCUT2D eigenvalue weighted by Gasteiger charge is 2.72. The van der Waals surface area contributed by atoms with E-state index in [1.807, 2.05) is 13.1 Å². The molecule has 1 spiro atoms. The lowest BCUT2D eigenvalue weighted by atomic mass is 9.50. The van der Waals surface area contributed by atoms with Crippen LogP contribution in [-0.4, -0.2) is 124 Å². The Hall–Kier alpha value is -4.74. The summed E-state index contributed by atoms with van der Waals surface area (Å²) in [4.78, 5) is 75.3. The van der Waals surface area contributed by atoms with E-state index in [9.17, 15) is 39.0 Å². The van der Waals surface area contributed by atoms with Crippen LogP contribution in [0.25, 0.3) is 0 Å². The summed E-state index contributed by atoms with van der Waals surface area (Å²) in [7, 11) is 3.41. The normalized spacial score (nSPS) is 27.1. The third kappa shape index (κ3) is 6.17. The summed E-state index contributed by atoms with van der Waals surface area (Å²) in [5.41, 5.74) is -0.598. The first-order valence-electron chi connectivity index (χ1n) is 15.5. The third-order valence-electron chi connectivity index (χ3n) is 9.59. The molecule has 8 atom stereocenters. The van der Waals surface area contributed by atoms with Crippen molar-refractivity contribution in [1.82, 2.24) is 4.90 Å². The first-order valence-corrected chi connectivity index (χ1v) is 15.5. The fourth-order valence-corrected chi connectivity index (χ4v) is 7.16. The number of carboxylic acids is 2. The summed E-state index contributed by atoms with van der Waals surface area (Å²) < 4.78 is 32.4. The van der Waals surface area contributed by atoms with Crippen LogP contribution in [0.3, 0.4) is 0 Å². The lowest BCUT2D eigenvalue weighted by Gasteiger charge is -2.61. The van der Waals surface area contributed by atoms with E-state index in [0.717, 1.165) is 25.0 Å². The molecule has 1 fully saturated rings. The maximum atomic E-state index is 13.4. The molecule has 49 heavy (non-hydrogen) atoms. The number of carbonyl (C=O) groups excluding carboxylic acids is 4. The van der Waals surface area contributed by atoms with Gasteiger partial charge in [-0.05, 0) is 58.0 Å². The van der Waals surface area contributed by atoms with Crippen molar-refractivity contribution in [3.63, 3.8) is 0 Å². The Morgan fingerprint density at radius 1 is 0.980 bits per heavy atom. The van der Waals surface area contributed by atoms with Crippen LogP contribution in [0.2, 0.25) is 0 Å². The summed E-state index contributed by atoms with van der Waals surface area (Å²) >= 11 is 0. The van der Waals surface area contributed by atoms with Gasteiger partial charge in [0.2, 0.25) is 6.10 Å². The van der Waals surface area contributed by atoms with Crippen LogP contribution in [0.4, 0.5) is 0 Å². The molecule has 1 aromatic rings. The van der Waals surface area contributed by atoms with Gasteiger partial charge >= 0.3 is 35.8 Å². The van der Waals surface area contributed by atoms with Crippen LogP contribution >= 0.6 is 0 Å². The molecular weight excluding hydrogens is 654 g/mol. The predicted octanol–water partition coefficient (Wildman–Crippen LogP) is -0.398. The van der Waals surface area contributed by atoms with E-state index in [1.54, 1.807) is 6.07 Å². The number of aliphatic carboxylic acids is 2. The monoisotopic (exact) mass is 691 g/mol. The van der Waals surface area contributed by atoms with Crippen molar-refractivity contribution in [2.24, 2.45) is 0 Å². The van der Waals surface area contributed by atoms with Crippen LogP contribution in [0.5, 0.6) is 11.5 Å². The van der Waals surface area contributed by atoms with Crippen LogP contribution in [0.15, 0.2) is 24.0 Å². The van der Waals surface area contributed by atoms with E-state index in [2.05, 4.69) is 9.64 Å². The zero-order chi connectivity index (χ0) is 36.0. The number of rotatable bonds is 13. The molecule has 2 aliphatic heterocycles. The summed E-state index contributed by atoms with van der Waals surface area (Å²) in [5.74, 6) is -7.57. The highest BCUT2D eigenvalue weighted by molar-refractivity contribution is 5.88. The van der Waals surface area contributed by atoms with Gasteiger partial charge in [0.25, 0.3) is 0 Å². The lowest BCUT2D eigenvalue weighted by Crippen LogP contribution is -2.74. The van der Waals surface area contributed by atoms with E-state index >= 15 is 0 Å².